The van der Waals surface area contributed by atoms with Crippen LogP contribution < -0.4 is 10.6 Å². The van der Waals surface area contributed by atoms with E-state index in [0.29, 0.717) is 12.5 Å². The van der Waals surface area contributed by atoms with Crippen molar-refractivity contribution in [1.82, 2.24) is 15.5 Å². The van der Waals surface area contributed by atoms with Gasteiger partial charge in [-0.3, -0.25) is 4.79 Å². The molecule has 0 fully saturated rings. The lowest BCUT2D eigenvalue weighted by atomic mass is 10.00. The summed E-state index contributed by atoms with van der Waals surface area (Å²) in [5.41, 5.74) is 2.61. The summed E-state index contributed by atoms with van der Waals surface area (Å²) in [7, 11) is 0. The molecule has 0 aliphatic carbocycles. The van der Waals surface area contributed by atoms with Gasteiger partial charge in [0.05, 0.1) is 0 Å². The van der Waals surface area contributed by atoms with Gasteiger partial charge in [0.25, 0.3) is 0 Å². The molecular formula is C20H32N4O. The molecule has 0 saturated heterocycles. The Morgan fingerprint density at radius 3 is 2.56 bits per heavy atom. The van der Waals surface area contributed by atoms with Gasteiger partial charge in [-0.2, -0.15) is 0 Å². The minimum absolute atomic E-state index is 0.0919. The van der Waals surface area contributed by atoms with E-state index in [-0.39, 0.29) is 12.5 Å². The molecular weight excluding hydrogens is 312 g/mol. The van der Waals surface area contributed by atoms with Crippen molar-refractivity contribution in [3.63, 3.8) is 0 Å². The van der Waals surface area contributed by atoms with E-state index in [1.807, 2.05) is 17.9 Å². The van der Waals surface area contributed by atoms with Crippen LogP contribution in [-0.4, -0.2) is 42.9 Å². The smallest absolute Gasteiger partial charge is 0.244 e. The number of carbonyl (C=O) groups is 1. The van der Waals surface area contributed by atoms with Gasteiger partial charge in [-0.1, -0.05) is 51.0 Å². The van der Waals surface area contributed by atoms with Gasteiger partial charge in [0.2, 0.25) is 5.91 Å². The average molecular weight is 345 g/mol. The number of nitrogens with one attached hydrogen (secondary N) is 2. The van der Waals surface area contributed by atoms with E-state index >= 15 is 0 Å². The van der Waals surface area contributed by atoms with E-state index in [2.05, 4.69) is 47.7 Å². The molecule has 138 valence electrons. The lowest BCUT2D eigenvalue weighted by Gasteiger charge is -2.28. The lowest BCUT2D eigenvalue weighted by molar-refractivity contribution is -0.130. The van der Waals surface area contributed by atoms with Gasteiger partial charge in [-0.15, -0.1) is 0 Å². The maximum absolute atomic E-state index is 12.5. The van der Waals surface area contributed by atoms with Gasteiger partial charge in [-0.25, -0.2) is 4.99 Å². The minimum Gasteiger partial charge on any atom is -0.357 e. The number of benzene rings is 1. The molecule has 0 spiro atoms. The fourth-order valence-corrected chi connectivity index (χ4v) is 3.12. The normalized spacial score (nSPS) is 14.4. The summed E-state index contributed by atoms with van der Waals surface area (Å²) >= 11 is 0. The Kier molecular flexibility index (Phi) is 7.76. The molecule has 0 atom stereocenters. The predicted molar refractivity (Wildman–Crippen MR) is 104 cm³/mol. The monoisotopic (exact) mass is 344 g/mol. The van der Waals surface area contributed by atoms with Crippen LogP contribution in [0, 0.1) is 5.92 Å². The fourth-order valence-electron chi connectivity index (χ4n) is 3.12. The van der Waals surface area contributed by atoms with Crippen LogP contribution in [-0.2, 0) is 17.8 Å². The molecule has 5 heteroatoms. The summed E-state index contributed by atoms with van der Waals surface area (Å²) in [5.74, 6) is 1.47. The molecule has 0 radical (unpaired) electrons. The summed E-state index contributed by atoms with van der Waals surface area (Å²) < 4.78 is 0. The van der Waals surface area contributed by atoms with E-state index in [1.165, 1.54) is 11.1 Å². The van der Waals surface area contributed by atoms with E-state index in [1.54, 1.807) is 0 Å². The third-order valence-electron chi connectivity index (χ3n) is 4.91. The zero-order chi connectivity index (χ0) is 18.1. The number of hydrogen-bond donors (Lipinski definition) is 2. The average Bonchev–Trinajstić information content (AvgIpc) is 2.66. The van der Waals surface area contributed by atoms with Crippen LogP contribution >= 0.6 is 0 Å². The first-order valence-corrected chi connectivity index (χ1v) is 9.54. The highest BCUT2D eigenvalue weighted by atomic mass is 16.2. The van der Waals surface area contributed by atoms with Crippen molar-refractivity contribution in [2.45, 2.75) is 46.6 Å². The molecule has 1 amide bonds. The third-order valence-corrected chi connectivity index (χ3v) is 4.91. The van der Waals surface area contributed by atoms with Crippen LogP contribution in [0.1, 0.15) is 44.7 Å². The minimum atomic E-state index is 0.0919. The number of hydrogen-bond acceptors (Lipinski definition) is 2. The number of rotatable bonds is 7. The highest BCUT2D eigenvalue weighted by molar-refractivity contribution is 5.85. The largest absolute Gasteiger partial charge is 0.357 e. The molecule has 0 bridgehead atoms. The molecule has 1 heterocycles. The zero-order valence-corrected chi connectivity index (χ0v) is 15.8. The van der Waals surface area contributed by atoms with Crippen molar-refractivity contribution in [1.29, 1.82) is 0 Å². The summed E-state index contributed by atoms with van der Waals surface area (Å²) in [6.07, 6.45) is 3.22. The van der Waals surface area contributed by atoms with E-state index in [0.717, 1.165) is 44.9 Å². The topological polar surface area (TPSA) is 56.7 Å². The quantitative estimate of drug-likeness (QED) is 0.590. The van der Waals surface area contributed by atoms with Gasteiger partial charge in [-0.05, 0) is 30.4 Å². The molecule has 1 aliphatic heterocycles. The van der Waals surface area contributed by atoms with Crippen LogP contribution in [0.2, 0.25) is 0 Å². The predicted octanol–water partition coefficient (Wildman–Crippen LogP) is 2.56. The standard InChI is InChI=1S/C20H32N4O/c1-4-16(5-2)13-22-20(21-6-3)23-14-19(25)24-12-11-17-9-7-8-10-18(17)15-24/h7-10,16H,4-6,11-15H2,1-3H3,(H2,21,22,23). The number of aliphatic imine (C=N–C) groups is 1. The molecule has 0 unspecified atom stereocenters. The highest BCUT2D eigenvalue weighted by Gasteiger charge is 2.20. The van der Waals surface area contributed by atoms with E-state index in [4.69, 9.17) is 0 Å². The second-order valence-corrected chi connectivity index (χ2v) is 6.59. The van der Waals surface area contributed by atoms with Gasteiger partial charge >= 0.3 is 0 Å². The van der Waals surface area contributed by atoms with Crippen molar-refractivity contribution >= 4 is 11.9 Å². The van der Waals surface area contributed by atoms with Gasteiger partial charge in [0.15, 0.2) is 5.96 Å². The van der Waals surface area contributed by atoms with Gasteiger partial charge in [0.1, 0.15) is 6.54 Å². The Hall–Kier alpha value is -2.04. The van der Waals surface area contributed by atoms with Crippen LogP contribution in [0.3, 0.4) is 0 Å². The number of fused-ring (bicyclic) bond motifs is 1. The highest BCUT2D eigenvalue weighted by Crippen LogP contribution is 2.18. The summed E-state index contributed by atoms with van der Waals surface area (Å²) in [6, 6.07) is 8.37. The van der Waals surface area contributed by atoms with Crippen LogP contribution in [0.25, 0.3) is 0 Å². The summed E-state index contributed by atoms with van der Waals surface area (Å²) in [4.78, 5) is 18.9. The van der Waals surface area contributed by atoms with E-state index < -0.39 is 0 Å². The molecule has 2 rings (SSSR count). The van der Waals surface area contributed by atoms with Crippen LogP contribution in [0.15, 0.2) is 29.3 Å². The number of amides is 1. The number of carbonyl (C=O) groups excluding carboxylic acids is 1. The molecule has 1 aliphatic rings. The Balaban J connectivity index is 1.90. The molecule has 25 heavy (non-hydrogen) atoms. The maximum atomic E-state index is 12.5. The first-order valence-electron chi connectivity index (χ1n) is 9.54. The van der Waals surface area contributed by atoms with Crippen molar-refractivity contribution in [3.8, 4) is 0 Å². The number of guanidine groups is 1. The molecule has 0 aromatic heterocycles. The summed E-state index contributed by atoms with van der Waals surface area (Å²) in [5, 5.41) is 6.59. The Morgan fingerprint density at radius 1 is 1.16 bits per heavy atom. The van der Waals surface area contributed by atoms with Gasteiger partial charge in [0, 0.05) is 26.2 Å². The Bertz CT molecular complexity index is 581. The molecule has 1 aromatic rings. The SMILES string of the molecule is CCNC(=NCC(=O)N1CCc2ccccc2C1)NCC(CC)CC. The fraction of sp³-hybridized carbons (Fsp3) is 0.600. The first-order chi connectivity index (χ1) is 12.2. The van der Waals surface area contributed by atoms with Gasteiger partial charge < -0.3 is 15.5 Å². The second-order valence-electron chi connectivity index (χ2n) is 6.59. The molecule has 2 N–H and O–H groups in total. The third kappa shape index (κ3) is 5.76. The summed E-state index contributed by atoms with van der Waals surface area (Å²) in [6.45, 7) is 9.81. The first kappa shape index (κ1) is 19.3. The van der Waals surface area contributed by atoms with Crippen molar-refractivity contribution in [3.05, 3.63) is 35.4 Å². The van der Waals surface area contributed by atoms with Crippen molar-refractivity contribution < 1.29 is 4.79 Å². The lowest BCUT2D eigenvalue weighted by Crippen LogP contribution is -2.41. The number of nitrogens with zero attached hydrogens (tertiary/aromatic N) is 2. The zero-order valence-electron chi connectivity index (χ0n) is 15.8. The van der Waals surface area contributed by atoms with E-state index in [9.17, 15) is 4.79 Å². The van der Waals surface area contributed by atoms with Crippen LogP contribution in [0.5, 0.6) is 0 Å². The van der Waals surface area contributed by atoms with Crippen LogP contribution in [0.4, 0.5) is 0 Å². The Labute approximate surface area is 151 Å². The molecule has 0 saturated carbocycles. The second kappa shape index (κ2) is 10.1. The Morgan fingerprint density at radius 2 is 1.88 bits per heavy atom. The maximum Gasteiger partial charge on any atom is 0.244 e. The van der Waals surface area contributed by atoms with Crippen molar-refractivity contribution in [2.24, 2.45) is 10.9 Å². The molecule has 5 nitrogen and oxygen atoms in total. The van der Waals surface area contributed by atoms with Crippen molar-refractivity contribution in [2.75, 3.05) is 26.2 Å². The molecule has 1 aromatic carbocycles.